The summed E-state index contributed by atoms with van der Waals surface area (Å²) in [5.41, 5.74) is 6.37. The molecule has 32 heavy (non-hydrogen) atoms. The molecule has 0 fully saturated rings. The second kappa shape index (κ2) is 7.79. The second-order valence-corrected chi connectivity index (χ2v) is 8.58. The summed E-state index contributed by atoms with van der Waals surface area (Å²) in [6.07, 6.45) is 8.70. The van der Waals surface area contributed by atoms with E-state index in [9.17, 15) is 4.79 Å². The molecule has 0 unspecified atom stereocenters. The van der Waals surface area contributed by atoms with Gasteiger partial charge < -0.3 is 15.0 Å². The maximum absolute atomic E-state index is 13.2. The van der Waals surface area contributed by atoms with E-state index in [1.165, 1.54) is 10.9 Å². The van der Waals surface area contributed by atoms with Crippen molar-refractivity contribution in [2.24, 2.45) is 0 Å². The predicted molar refractivity (Wildman–Crippen MR) is 123 cm³/mol. The first-order valence-corrected chi connectivity index (χ1v) is 11.2. The van der Waals surface area contributed by atoms with E-state index in [2.05, 4.69) is 44.5 Å². The Bertz CT molecular complexity index is 1300. The van der Waals surface area contributed by atoms with Crippen molar-refractivity contribution in [2.75, 3.05) is 6.54 Å². The van der Waals surface area contributed by atoms with Crippen LogP contribution < -0.4 is 10.1 Å². The number of carbonyl (C=O) groups excluding carboxylic acids is 1. The third-order valence-electron chi connectivity index (χ3n) is 6.60. The number of hydrogen-bond donors (Lipinski definition) is 2. The van der Waals surface area contributed by atoms with E-state index in [0.717, 1.165) is 59.5 Å². The molecule has 6 rings (SSSR count). The number of nitrogens with one attached hydrogen (secondary N) is 2. The van der Waals surface area contributed by atoms with Crippen molar-refractivity contribution in [3.05, 3.63) is 77.9 Å². The molecule has 0 spiro atoms. The van der Waals surface area contributed by atoms with Crippen LogP contribution in [0.5, 0.6) is 5.75 Å². The minimum atomic E-state index is -0.134. The van der Waals surface area contributed by atoms with Crippen LogP contribution in [0.25, 0.3) is 22.2 Å². The summed E-state index contributed by atoms with van der Waals surface area (Å²) in [5.74, 6) is 0.791. The Morgan fingerprint density at radius 3 is 3.00 bits per heavy atom. The summed E-state index contributed by atoms with van der Waals surface area (Å²) >= 11 is 0. The van der Waals surface area contributed by atoms with Gasteiger partial charge in [-0.1, -0.05) is 30.3 Å². The topological polar surface area (TPSA) is 79.9 Å². The molecule has 2 aliphatic rings. The number of H-pyrrole nitrogens is 1. The minimum absolute atomic E-state index is 0.0752. The zero-order chi connectivity index (χ0) is 21.5. The van der Waals surface area contributed by atoms with E-state index in [4.69, 9.17) is 4.74 Å². The van der Waals surface area contributed by atoms with Crippen LogP contribution in [0.4, 0.5) is 0 Å². The lowest BCUT2D eigenvalue weighted by Crippen LogP contribution is -2.38. The van der Waals surface area contributed by atoms with E-state index < -0.39 is 0 Å². The molecule has 0 radical (unpaired) electrons. The molecule has 160 valence electrons. The Morgan fingerprint density at radius 1 is 1.16 bits per heavy atom. The molecule has 2 aromatic carbocycles. The van der Waals surface area contributed by atoms with Gasteiger partial charge in [-0.05, 0) is 42.5 Å². The van der Waals surface area contributed by atoms with Crippen molar-refractivity contribution in [3.63, 3.8) is 0 Å². The number of ether oxygens (including phenoxy) is 1. The third-order valence-corrected chi connectivity index (χ3v) is 6.60. The molecule has 6 heteroatoms. The average Bonchev–Trinajstić information content (AvgIpc) is 3.44. The van der Waals surface area contributed by atoms with Crippen LogP contribution in [0.3, 0.4) is 0 Å². The van der Waals surface area contributed by atoms with E-state index in [1.807, 2.05) is 18.2 Å². The molecule has 2 N–H and O–H groups in total. The molecule has 1 aliphatic heterocycles. The molecular weight excluding hydrogens is 400 g/mol. The summed E-state index contributed by atoms with van der Waals surface area (Å²) < 4.78 is 6.26. The molecule has 2 atom stereocenters. The van der Waals surface area contributed by atoms with Crippen LogP contribution in [-0.4, -0.2) is 33.5 Å². The van der Waals surface area contributed by atoms with Crippen LogP contribution in [0.15, 0.2) is 61.1 Å². The number of benzene rings is 2. The largest absolute Gasteiger partial charge is 0.487 e. The molecule has 0 saturated heterocycles. The Labute approximate surface area is 186 Å². The molecule has 2 aromatic heterocycles. The van der Waals surface area contributed by atoms with Gasteiger partial charge in [-0.25, -0.2) is 0 Å². The number of aryl methyl sites for hydroxylation is 1. The number of aromatic amines is 1. The lowest BCUT2D eigenvalue weighted by atomic mass is 9.86. The average molecular weight is 425 g/mol. The standard InChI is InChI=1S/C26H24N4O2/c31-26(21-9-4-7-19-18-6-1-2-10-22(18)30-24(19)21)29-14-17-13-16-5-3-8-20(25(16)32-17)23-15-27-11-12-28-23/h1-3,5-6,8,10-12,15,17,21,30H,4,7,9,13-14H2,(H,29,31)/t17-,21-/m1/s1. The van der Waals surface area contributed by atoms with Crippen LogP contribution in [0.1, 0.15) is 35.6 Å². The van der Waals surface area contributed by atoms with Gasteiger partial charge in [0.1, 0.15) is 11.9 Å². The molecule has 3 heterocycles. The molecule has 6 nitrogen and oxygen atoms in total. The van der Waals surface area contributed by atoms with E-state index >= 15 is 0 Å². The monoisotopic (exact) mass is 424 g/mol. The number of nitrogens with zero attached hydrogens (tertiary/aromatic N) is 2. The normalized spacial score (nSPS) is 19.2. The van der Waals surface area contributed by atoms with E-state index in [0.29, 0.717) is 6.54 Å². The number of hydrogen-bond acceptors (Lipinski definition) is 4. The molecule has 1 amide bonds. The fraction of sp³-hybridized carbons (Fsp3) is 0.269. The van der Waals surface area contributed by atoms with Crippen molar-refractivity contribution >= 4 is 16.8 Å². The highest BCUT2D eigenvalue weighted by atomic mass is 16.5. The molecule has 1 aliphatic carbocycles. The Morgan fingerprint density at radius 2 is 2.09 bits per heavy atom. The number of aromatic nitrogens is 3. The molecular formula is C26H24N4O2. The highest BCUT2D eigenvalue weighted by molar-refractivity contribution is 5.90. The lowest BCUT2D eigenvalue weighted by molar-refractivity contribution is -0.123. The molecule has 0 saturated carbocycles. The summed E-state index contributed by atoms with van der Waals surface area (Å²) in [5, 5.41) is 4.40. The van der Waals surface area contributed by atoms with Gasteiger partial charge in [0.25, 0.3) is 0 Å². The van der Waals surface area contributed by atoms with Gasteiger partial charge in [0.15, 0.2) is 0 Å². The van der Waals surface area contributed by atoms with Gasteiger partial charge >= 0.3 is 0 Å². The number of fused-ring (bicyclic) bond motifs is 4. The van der Waals surface area contributed by atoms with Crippen molar-refractivity contribution in [2.45, 2.75) is 37.7 Å². The number of rotatable bonds is 4. The summed E-state index contributed by atoms with van der Waals surface area (Å²) in [4.78, 5) is 25.2. The summed E-state index contributed by atoms with van der Waals surface area (Å²) in [7, 11) is 0. The zero-order valence-electron chi connectivity index (χ0n) is 17.7. The Balaban J connectivity index is 1.17. The third kappa shape index (κ3) is 3.23. The smallest absolute Gasteiger partial charge is 0.229 e. The number of para-hydroxylation sites is 2. The van der Waals surface area contributed by atoms with Crippen LogP contribution in [0.2, 0.25) is 0 Å². The summed E-state index contributed by atoms with van der Waals surface area (Å²) in [6.45, 7) is 0.486. The van der Waals surface area contributed by atoms with Gasteiger partial charge in [-0.2, -0.15) is 0 Å². The van der Waals surface area contributed by atoms with E-state index in [1.54, 1.807) is 18.6 Å². The van der Waals surface area contributed by atoms with Crippen molar-refractivity contribution in [3.8, 4) is 17.0 Å². The highest BCUT2D eigenvalue weighted by Gasteiger charge is 2.31. The van der Waals surface area contributed by atoms with Crippen LogP contribution >= 0.6 is 0 Å². The lowest BCUT2D eigenvalue weighted by Gasteiger charge is -2.23. The maximum atomic E-state index is 13.2. The van der Waals surface area contributed by atoms with Gasteiger partial charge in [0.2, 0.25) is 5.91 Å². The van der Waals surface area contributed by atoms with Crippen molar-refractivity contribution in [1.82, 2.24) is 20.3 Å². The molecule has 0 bridgehead atoms. The fourth-order valence-electron chi connectivity index (χ4n) is 5.11. The van der Waals surface area contributed by atoms with Gasteiger partial charge in [0.05, 0.1) is 24.4 Å². The fourth-order valence-corrected chi connectivity index (χ4v) is 5.11. The number of amides is 1. The summed E-state index contributed by atoms with van der Waals surface area (Å²) in [6, 6.07) is 14.4. The minimum Gasteiger partial charge on any atom is -0.487 e. The van der Waals surface area contributed by atoms with E-state index in [-0.39, 0.29) is 17.9 Å². The predicted octanol–water partition coefficient (Wildman–Crippen LogP) is 4.16. The maximum Gasteiger partial charge on any atom is 0.229 e. The van der Waals surface area contributed by atoms with Crippen LogP contribution in [0, 0.1) is 0 Å². The highest BCUT2D eigenvalue weighted by Crippen LogP contribution is 2.38. The zero-order valence-corrected chi connectivity index (χ0v) is 17.7. The Hall–Kier alpha value is -3.67. The van der Waals surface area contributed by atoms with Gasteiger partial charge in [-0.15, -0.1) is 0 Å². The van der Waals surface area contributed by atoms with Crippen LogP contribution in [-0.2, 0) is 17.6 Å². The number of carbonyl (C=O) groups is 1. The SMILES string of the molecule is O=C(NC[C@H]1Cc2cccc(-c3cnccn3)c2O1)[C@@H]1CCCc2c1[nH]c1ccccc21. The Kier molecular flexibility index (Phi) is 4.63. The van der Waals surface area contributed by atoms with Gasteiger partial charge in [0, 0.05) is 41.0 Å². The second-order valence-electron chi connectivity index (χ2n) is 8.58. The van der Waals surface area contributed by atoms with Crippen molar-refractivity contribution in [1.29, 1.82) is 0 Å². The van der Waals surface area contributed by atoms with Crippen molar-refractivity contribution < 1.29 is 9.53 Å². The first kappa shape index (κ1) is 19.0. The first-order chi connectivity index (χ1) is 15.8. The quantitative estimate of drug-likeness (QED) is 0.515. The van der Waals surface area contributed by atoms with Gasteiger partial charge in [-0.3, -0.25) is 14.8 Å². The first-order valence-electron chi connectivity index (χ1n) is 11.2. The molecule has 4 aromatic rings.